The average Bonchev–Trinajstić information content (AvgIpc) is 3.16. The summed E-state index contributed by atoms with van der Waals surface area (Å²) >= 11 is 0. The third kappa shape index (κ3) is 19.5. The van der Waals surface area contributed by atoms with Crippen LogP contribution in [0.25, 0.3) is 0 Å². The van der Waals surface area contributed by atoms with E-state index < -0.39 is 6.16 Å². The van der Waals surface area contributed by atoms with Crippen molar-refractivity contribution < 1.29 is 46.5 Å². The molecule has 1 aliphatic carbocycles. The van der Waals surface area contributed by atoms with Crippen LogP contribution in [0.4, 0.5) is 4.79 Å². The van der Waals surface area contributed by atoms with Gasteiger partial charge < -0.3 is 32.3 Å². The molecule has 2 unspecified atom stereocenters. The van der Waals surface area contributed by atoms with Gasteiger partial charge in [0.25, 0.3) is 0 Å². The number of aryl methyl sites for hydroxylation is 2. The molecule has 0 spiro atoms. The summed E-state index contributed by atoms with van der Waals surface area (Å²) in [6.07, 6.45) is 22.2. The number of hydrogen-bond donors (Lipinski definition) is 4. The van der Waals surface area contributed by atoms with Gasteiger partial charge in [-0.15, -0.1) is 0 Å². The zero-order valence-electron chi connectivity index (χ0n) is 38.0. The van der Waals surface area contributed by atoms with Crippen LogP contribution in [-0.4, -0.2) is 81.8 Å². The fourth-order valence-electron chi connectivity index (χ4n) is 8.15. The fraction of sp³-hybridized carbons (Fsp3) is 0.673. The second-order valence-corrected chi connectivity index (χ2v) is 17.0. The predicted octanol–water partition coefficient (Wildman–Crippen LogP) is 13.1. The molecule has 2 aromatic rings. The Balaban J connectivity index is 0.00000516. The van der Waals surface area contributed by atoms with Crippen LogP contribution < -0.4 is 0 Å². The molecule has 2 aromatic carbocycles. The summed E-state index contributed by atoms with van der Waals surface area (Å²) in [6.45, 7) is 23.1. The number of quaternary nitrogens is 1. The first-order valence-corrected chi connectivity index (χ1v) is 22.4. The number of aromatic hydroxyl groups is 2. The van der Waals surface area contributed by atoms with Gasteiger partial charge in [0.15, 0.2) is 0 Å². The van der Waals surface area contributed by atoms with Crippen molar-refractivity contribution in [3.8, 4) is 11.5 Å². The van der Waals surface area contributed by atoms with Crippen molar-refractivity contribution >= 4 is 18.6 Å². The predicted molar refractivity (Wildman–Crippen MR) is 243 cm³/mol. The number of nitrogens with zero attached hydrogens (tertiary/aromatic N) is 3. The van der Waals surface area contributed by atoms with Gasteiger partial charge >= 0.3 is 6.16 Å². The van der Waals surface area contributed by atoms with Gasteiger partial charge in [0.1, 0.15) is 11.5 Å². The number of rotatable bonds is 24. The third-order valence-electron chi connectivity index (χ3n) is 11.6. The molecule has 0 saturated heterocycles. The maximum Gasteiger partial charge on any atom is 0.503 e. The SMILES string of the molecule is CCCCCc1cc(C=NC2CCCCC2N=Cc2cc(CCCC[N+](CCCC)(CCCC)CCCC)cc(C(C)C)c2O)c(O)c(C(C)C)c1.O=C(O)O.[CH3-].[Co]. The summed E-state index contributed by atoms with van der Waals surface area (Å²) in [7, 11) is 0. The van der Waals surface area contributed by atoms with E-state index in [-0.39, 0.29) is 48.1 Å². The van der Waals surface area contributed by atoms with Crippen LogP contribution in [0, 0.1) is 7.43 Å². The van der Waals surface area contributed by atoms with Crippen LogP contribution in [0.3, 0.4) is 0 Å². The normalized spacial score (nSPS) is 15.7. The van der Waals surface area contributed by atoms with Crippen LogP contribution >= 0.6 is 0 Å². The van der Waals surface area contributed by atoms with Crippen molar-refractivity contribution in [2.24, 2.45) is 9.98 Å². The molecule has 1 fully saturated rings. The van der Waals surface area contributed by atoms with Crippen LogP contribution in [-0.2, 0) is 29.6 Å². The van der Waals surface area contributed by atoms with Gasteiger partial charge in [-0.2, -0.15) is 0 Å². The Morgan fingerprint density at radius 1 is 0.638 bits per heavy atom. The monoisotopic (exact) mass is 853 g/mol. The number of carboxylic acid groups (broad SMARTS) is 2. The van der Waals surface area contributed by atoms with E-state index in [9.17, 15) is 10.2 Å². The van der Waals surface area contributed by atoms with Crippen molar-refractivity contribution in [2.75, 3.05) is 26.2 Å². The summed E-state index contributed by atoms with van der Waals surface area (Å²) in [5.41, 5.74) is 6.29. The van der Waals surface area contributed by atoms with Crippen LogP contribution in [0.2, 0.25) is 0 Å². The molecule has 2 atom stereocenters. The van der Waals surface area contributed by atoms with Gasteiger partial charge in [-0.25, -0.2) is 4.79 Å². The first-order valence-electron chi connectivity index (χ1n) is 22.4. The Morgan fingerprint density at radius 3 is 1.33 bits per heavy atom. The molecule has 0 aliphatic heterocycles. The Kier molecular flexibility index (Phi) is 28.7. The minimum Gasteiger partial charge on any atom is -0.507 e. The van der Waals surface area contributed by atoms with E-state index in [0.29, 0.717) is 11.5 Å². The summed E-state index contributed by atoms with van der Waals surface area (Å²) < 4.78 is 1.30. The van der Waals surface area contributed by atoms with E-state index >= 15 is 0 Å². The van der Waals surface area contributed by atoms with E-state index in [2.05, 4.69) is 79.7 Å². The van der Waals surface area contributed by atoms with E-state index in [0.717, 1.165) is 60.8 Å². The molecule has 9 heteroatoms. The quantitative estimate of drug-likeness (QED) is 0.0362. The second kappa shape index (κ2) is 30.2. The number of benzene rings is 2. The number of carbonyl (C=O) groups is 1. The number of phenols is 2. The van der Waals surface area contributed by atoms with Gasteiger partial charge in [-0.05, 0) is 110 Å². The number of aliphatic imine (C=N–C) groups is 2. The fourth-order valence-corrected chi connectivity index (χ4v) is 8.15. The number of phenolic OH excluding ortho intramolecular Hbond substituents is 2. The van der Waals surface area contributed by atoms with Crippen molar-refractivity contribution in [3.05, 3.63) is 65.1 Å². The maximum absolute atomic E-state index is 11.4. The molecule has 8 nitrogen and oxygen atoms in total. The molecule has 1 aliphatic rings. The van der Waals surface area contributed by atoms with Crippen molar-refractivity contribution in [1.29, 1.82) is 0 Å². The molecule has 3 rings (SSSR count). The van der Waals surface area contributed by atoms with Gasteiger partial charge in [0.2, 0.25) is 0 Å². The van der Waals surface area contributed by atoms with E-state index in [1.165, 1.54) is 112 Å². The van der Waals surface area contributed by atoms with Gasteiger partial charge in [-0.3, -0.25) is 9.98 Å². The molecule has 1 radical (unpaired) electrons. The first kappa shape index (κ1) is 55.1. The molecule has 4 N–H and O–H groups in total. The topological polar surface area (TPSA) is 123 Å². The molecule has 58 heavy (non-hydrogen) atoms. The Labute approximate surface area is 364 Å². The van der Waals surface area contributed by atoms with Gasteiger partial charge in [0.05, 0.1) is 38.3 Å². The first-order chi connectivity index (χ1) is 26.8. The zero-order chi connectivity index (χ0) is 41.5. The van der Waals surface area contributed by atoms with Gasteiger partial charge in [0, 0.05) is 40.3 Å². The van der Waals surface area contributed by atoms with Crippen LogP contribution in [0.5, 0.6) is 11.5 Å². The molecule has 1 saturated carbocycles. The van der Waals surface area contributed by atoms with E-state index in [1.807, 2.05) is 12.4 Å². The van der Waals surface area contributed by atoms with Crippen LogP contribution in [0.15, 0.2) is 34.3 Å². The van der Waals surface area contributed by atoms with Crippen molar-refractivity contribution in [2.45, 2.75) is 188 Å². The number of hydrogen-bond acceptors (Lipinski definition) is 5. The zero-order valence-corrected chi connectivity index (χ0v) is 39.0. The van der Waals surface area contributed by atoms with E-state index in [1.54, 1.807) is 0 Å². The molecule has 0 bridgehead atoms. The van der Waals surface area contributed by atoms with Crippen LogP contribution in [0.1, 0.15) is 197 Å². The molecule has 333 valence electrons. The molecule has 0 heterocycles. The summed E-state index contributed by atoms with van der Waals surface area (Å²) in [4.78, 5) is 18.8. The average molecular weight is 853 g/mol. The Morgan fingerprint density at radius 2 is 0.983 bits per heavy atom. The molecule has 0 aromatic heterocycles. The molecule has 0 amide bonds. The second-order valence-electron chi connectivity index (χ2n) is 17.0. The molecular formula is C49H83CoN3O5. The molecular weight excluding hydrogens is 769 g/mol. The van der Waals surface area contributed by atoms with Crippen molar-refractivity contribution in [3.63, 3.8) is 0 Å². The third-order valence-corrected chi connectivity index (χ3v) is 11.6. The van der Waals surface area contributed by atoms with E-state index in [4.69, 9.17) is 25.0 Å². The van der Waals surface area contributed by atoms with Gasteiger partial charge in [-0.1, -0.05) is 112 Å². The minimum atomic E-state index is -1.83. The minimum absolute atomic E-state index is 0. The summed E-state index contributed by atoms with van der Waals surface area (Å²) in [5, 5.41) is 36.6. The standard InChI is InChI=1S/C47H77N3O2.CH2O3.CH3.Co/c1-9-13-17-22-38-30-40(46(51)42(32-38)36(5)6)34-48-44-24-18-19-25-45(44)49-35-41-31-39(33-43(37(7)8)47(41)52)23-20-21-29-50(26-14-10-2,27-15-11-3)28-16-12-4;2-1(3)4;;/h30-37,44-45H,9-29H2,1-8H3,(H-,48,49,51,52);(H2,2,3,4);1H3;/q;;-1;/p+1. The Bertz CT molecular complexity index is 1470. The Hall–Kier alpha value is -2.88. The number of unbranched alkanes of at least 4 members (excludes halogenated alkanes) is 6. The largest absolute Gasteiger partial charge is 0.507 e. The smallest absolute Gasteiger partial charge is 0.503 e. The maximum atomic E-state index is 11.4. The van der Waals surface area contributed by atoms with Crippen molar-refractivity contribution in [1.82, 2.24) is 0 Å². The summed E-state index contributed by atoms with van der Waals surface area (Å²) in [5.74, 6) is 1.23. The summed E-state index contributed by atoms with van der Waals surface area (Å²) in [6, 6.07) is 8.89.